The van der Waals surface area contributed by atoms with Crippen LogP contribution in [0.1, 0.15) is 16.9 Å². The van der Waals surface area contributed by atoms with Crippen LogP contribution in [0.4, 0.5) is 10.2 Å². The zero-order valence-electron chi connectivity index (χ0n) is 17.0. The summed E-state index contributed by atoms with van der Waals surface area (Å²) in [5, 5.41) is 7.05. The van der Waals surface area contributed by atoms with Crippen LogP contribution in [-0.4, -0.2) is 49.6 Å². The number of hydrogen-bond acceptors (Lipinski definition) is 5. The van der Waals surface area contributed by atoms with Gasteiger partial charge in [-0.3, -0.25) is 9.59 Å². The number of carbonyl (C=O) groups excluding carboxylic acids is 2. The van der Waals surface area contributed by atoms with Crippen LogP contribution in [0.2, 0.25) is 0 Å². The number of nitrogens with zero attached hydrogens (tertiary/aromatic N) is 5. The average molecular weight is 433 g/mol. The van der Waals surface area contributed by atoms with E-state index in [1.807, 2.05) is 33.8 Å². The molecule has 4 aromatic rings. The number of primary amides is 1. The lowest BCUT2D eigenvalue weighted by atomic mass is 9.97. The van der Waals surface area contributed by atoms with Crippen LogP contribution in [0.25, 0.3) is 11.2 Å². The van der Waals surface area contributed by atoms with E-state index in [1.54, 1.807) is 24.5 Å². The summed E-state index contributed by atoms with van der Waals surface area (Å²) in [7, 11) is 0. The van der Waals surface area contributed by atoms with Crippen molar-refractivity contribution in [3.8, 4) is 5.69 Å². The average Bonchev–Trinajstić information content (AvgIpc) is 3.53. The van der Waals surface area contributed by atoms with Crippen molar-refractivity contribution in [1.29, 1.82) is 0 Å². The first-order valence-electron chi connectivity index (χ1n) is 10.1. The maximum atomic E-state index is 13.2. The summed E-state index contributed by atoms with van der Waals surface area (Å²) in [6.45, 7) is 0.704. The molecule has 1 aliphatic rings. The Labute approximate surface area is 182 Å². The van der Waals surface area contributed by atoms with Crippen LogP contribution in [-0.2, 0) is 4.79 Å². The molecule has 0 saturated carbocycles. The third-order valence-corrected chi connectivity index (χ3v) is 5.74. The van der Waals surface area contributed by atoms with Gasteiger partial charge in [-0.25, -0.2) is 14.1 Å². The van der Waals surface area contributed by atoms with Gasteiger partial charge in [0.15, 0.2) is 11.5 Å². The number of fused-ring (bicyclic) bond motifs is 1. The zero-order chi connectivity index (χ0) is 22.3. The highest BCUT2D eigenvalue weighted by Gasteiger charge is 2.45. The van der Waals surface area contributed by atoms with E-state index in [1.165, 1.54) is 22.9 Å². The molecule has 1 aliphatic heterocycles. The van der Waals surface area contributed by atoms with Crippen molar-refractivity contribution in [3.05, 3.63) is 78.8 Å². The van der Waals surface area contributed by atoms with Gasteiger partial charge in [0.25, 0.3) is 5.91 Å². The highest BCUT2D eigenvalue weighted by atomic mass is 19.1. The van der Waals surface area contributed by atoms with Gasteiger partial charge in [-0.15, -0.1) is 0 Å². The Morgan fingerprint density at radius 3 is 2.69 bits per heavy atom. The molecular weight excluding hydrogens is 413 g/mol. The fourth-order valence-corrected chi connectivity index (χ4v) is 4.02. The molecule has 9 nitrogen and oxygen atoms in total. The number of halogens is 1. The molecule has 1 atom stereocenters. The van der Waals surface area contributed by atoms with Gasteiger partial charge in [-0.1, -0.05) is 0 Å². The van der Waals surface area contributed by atoms with Gasteiger partial charge in [0.1, 0.15) is 11.4 Å². The number of nitrogens with two attached hydrogens (primary N) is 1. The number of anilines is 1. The second kappa shape index (κ2) is 7.49. The Balaban J connectivity index is 1.37. The first-order chi connectivity index (χ1) is 15.4. The Morgan fingerprint density at radius 2 is 1.91 bits per heavy atom. The topological polar surface area (TPSA) is 111 Å². The van der Waals surface area contributed by atoms with E-state index in [9.17, 15) is 14.0 Å². The van der Waals surface area contributed by atoms with Crippen molar-refractivity contribution >= 4 is 23.1 Å². The highest BCUT2D eigenvalue weighted by Crippen LogP contribution is 2.29. The first kappa shape index (κ1) is 19.7. The van der Waals surface area contributed by atoms with E-state index in [4.69, 9.17) is 5.73 Å². The summed E-state index contributed by atoms with van der Waals surface area (Å²) >= 11 is 0. The predicted octanol–water partition coefficient (Wildman–Crippen LogP) is 1.52. The minimum absolute atomic E-state index is 0.125. The normalized spacial score (nSPS) is 18.2. The van der Waals surface area contributed by atoms with Crippen molar-refractivity contribution in [3.63, 3.8) is 0 Å². The first-order valence-corrected chi connectivity index (χ1v) is 10.1. The fourth-order valence-electron chi connectivity index (χ4n) is 4.02. The summed E-state index contributed by atoms with van der Waals surface area (Å²) in [4.78, 5) is 31.8. The molecule has 162 valence electrons. The van der Waals surface area contributed by atoms with E-state index in [0.717, 1.165) is 11.3 Å². The lowest BCUT2D eigenvalue weighted by molar-refractivity contribution is -0.123. The molecule has 3 N–H and O–H groups in total. The summed E-state index contributed by atoms with van der Waals surface area (Å²) < 4.78 is 16.6. The molecular formula is C22H20FN7O2. The molecule has 1 saturated heterocycles. The third kappa shape index (κ3) is 3.35. The molecule has 10 heteroatoms. The van der Waals surface area contributed by atoms with Crippen LogP contribution in [0.3, 0.4) is 0 Å². The molecule has 2 amide bonds. The molecule has 0 aliphatic carbocycles. The Hall–Kier alpha value is -4.21. The molecule has 32 heavy (non-hydrogen) atoms. The lowest BCUT2D eigenvalue weighted by Gasteiger charge is -2.27. The summed E-state index contributed by atoms with van der Waals surface area (Å²) in [5.74, 6) is -0.775. The number of carbonyl (C=O) groups is 2. The molecule has 3 aromatic heterocycles. The second-order valence-corrected chi connectivity index (χ2v) is 7.75. The number of rotatable bonds is 5. The molecule has 4 heterocycles. The molecule has 0 bridgehead atoms. The van der Waals surface area contributed by atoms with Gasteiger partial charge >= 0.3 is 0 Å². The molecule has 0 radical (unpaired) electrons. The van der Waals surface area contributed by atoms with Gasteiger partial charge in [-0.05, 0) is 48.9 Å². The smallest absolute Gasteiger partial charge is 0.272 e. The van der Waals surface area contributed by atoms with Crippen molar-refractivity contribution in [1.82, 2.24) is 24.5 Å². The number of amides is 2. The van der Waals surface area contributed by atoms with Gasteiger partial charge in [0.2, 0.25) is 5.91 Å². The highest BCUT2D eigenvalue weighted by molar-refractivity contribution is 5.98. The van der Waals surface area contributed by atoms with Gasteiger partial charge in [0, 0.05) is 31.3 Å². The van der Waals surface area contributed by atoms with Crippen LogP contribution < -0.4 is 16.0 Å². The minimum Gasteiger partial charge on any atom is -0.368 e. The molecule has 1 fully saturated rings. The number of hydrogen-bond donors (Lipinski definition) is 2. The summed E-state index contributed by atoms with van der Waals surface area (Å²) in [6.07, 6.45) is 7.38. The monoisotopic (exact) mass is 433 g/mol. The summed E-state index contributed by atoms with van der Waals surface area (Å²) in [6, 6.07) is 11.1. The number of benzene rings is 1. The molecule has 5 rings (SSSR count). The Morgan fingerprint density at radius 1 is 1.09 bits per heavy atom. The SMILES string of the molecule is NC(=O)C1(NC(=O)c2ccn(-c3ccc(F)cc3)n2)CCN(c2nccn3cccc23)C1. The standard InChI is InChI=1S/C22H20FN7O2/c23-15-3-5-16(6-4-15)30-11-7-17(27-30)20(31)26-22(21(24)32)8-12-29(14-22)19-18-2-1-10-28(18)13-9-25-19/h1-7,9-11,13H,8,12,14H2,(H2,24,32)(H,26,31). The van der Waals surface area contributed by atoms with E-state index >= 15 is 0 Å². The van der Waals surface area contributed by atoms with Crippen molar-refractivity contribution < 1.29 is 14.0 Å². The van der Waals surface area contributed by atoms with Crippen LogP contribution >= 0.6 is 0 Å². The molecule has 1 aromatic carbocycles. The predicted molar refractivity (Wildman–Crippen MR) is 115 cm³/mol. The maximum absolute atomic E-state index is 13.2. The van der Waals surface area contributed by atoms with E-state index in [2.05, 4.69) is 15.4 Å². The van der Waals surface area contributed by atoms with E-state index < -0.39 is 17.4 Å². The van der Waals surface area contributed by atoms with Crippen molar-refractivity contribution in [2.24, 2.45) is 5.73 Å². The third-order valence-electron chi connectivity index (χ3n) is 5.74. The van der Waals surface area contributed by atoms with Crippen molar-refractivity contribution in [2.75, 3.05) is 18.0 Å². The van der Waals surface area contributed by atoms with Gasteiger partial charge < -0.3 is 20.4 Å². The molecule has 1 unspecified atom stereocenters. The zero-order valence-corrected chi connectivity index (χ0v) is 17.0. The van der Waals surface area contributed by atoms with Gasteiger partial charge in [-0.2, -0.15) is 5.10 Å². The quantitative estimate of drug-likeness (QED) is 0.496. The van der Waals surface area contributed by atoms with E-state index in [0.29, 0.717) is 18.7 Å². The van der Waals surface area contributed by atoms with Crippen LogP contribution in [0, 0.1) is 5.82 Å². The second-order valence-electron chi connectivity index (χ2n) is 7.75. The number of nitrogens with one attached hydrogen (secondary N) is 1. The van der Waals surface area contributed by atoms with Gasteiger partial charge in [0.05, 0.1) is 17.7 Å². The molecule has 0 spiro atoms. The van der Waals surface area contributed by atoms with Crippen LogP contribution in [0.5, 0.6) is 0 Å². The van der Waals surface area contributed by atoms with Crippen molar-refractivity contribution in [2.45, 2.75) is 12.0 Å². The van der Waals surface area contributed by atoms with E-state index in [-0.39, 0.29) is 18.1 Å². The Kier molecular flexibility index (Phi) is 4.62. The Bertz CT molecular complexity index is 1310. The minimum atomic E-state index is -1.25. The van der Waals surface area contributed by atoms with Crippen LogP contribution in [0.15, 0.2) is 67.3 Å². The lowest BCUT2D eigenvalue weighted by Crippen LogP contribution is -2.59. The number of aromatic nitrogens is 4. The largest absolute Gasteiger partial charge is 0.368 e. The summed E-state index contributed by atoms with van der Waals surface area (Å²) in [5.41, 5.74) is 6.11. The maximum Gasteiger partial charge on any atom is 0.272 e. The fraction of sp³-hybridized carbons (Fsp3) is 0.182.